The van der Waals surface area contributed by atoms with Crippen molar-refractivity contribution in [2.45, 2.75) is 86.2 Å². The maximum atomic E-state index is 12.1. The smallest absolute Gasteiger partial charge is 0.407 e. The van der Waals surface area contributed by atoms with Gasteiger partial charge in [0, 0.05) is 0 Å². The van der Waals surface area contributed by atoms with E-state index in [1.54, 1.807) is 20.8 Å². The molecule has 0 saturated carbocycles. The van der Waals surface area contributed by atoms with E-state index < -0.39 is 17.7 Å². The molecule has 0 aliphatic heterocycles. The third kappa shape index (κ3) is 10.6. The molecule has 2 aromatic carbocycles. The van der Waals surface area contributed by atoms with Gasteiger partial charge in [0.05, 0.1) is 13.2 Å². The minimum absolute atomic E-state index is 0.0409. The van der Waals surface area contributed by atoms with Gasteiger partial charge in [0.15, 0.2) is 6.61 Å². The lowest BCUT2D eigenvalue weighted by Crippen LogP contribution is -2.34. The summed E-state index contributed by atoms with van der Waals surface area (Å²) in [4.78, 5) is 23.7. The normalized spacial score (nSPS) is 11.3. The number of esters is 1. The number of rotatable bonds is 13. The minimum atomic E-state index is -0.578. The van der Waals surface area contributed by atoms with Gasteiger partial charge < -0.3 is 24.3 Å². The summed E-state index contributed by atoms with van der Waals surface area (Å²) in [6, 6.07) is 10.4. The average molecular weight is 528 g/mol. The first kappa shape index (κ1) is 31.0. The molecule has 7 nitrogen and oxygen atoms in total. The summed E-state index contributed by atoms with van der Waals surface area (Å²) in [7, 11) is 0. The van der Waals surface area contributed by atoms with E-state index in [0.717, 1.165) is 42.7 Å². The fourth-order valence-electron chi connectivity index (χ4n) is 3.95. The molecule has 0 unspecified atom stereocenters. The third-order valence-electron chi connectivity index (χ3n) is 5.89. The van der Waals surface area contributed by atoms with Gasteiger partial charge in [-0.25, -0.2) is 9.59 Å². The van der Waals surface area contributed by atoms with Crippen LogP contribution < -0.4 is 14.8 Å². The maximum Gasteiger partial charge on any atom is 0.407 e. The highest BCUT2D eigenvalue weighted by atomic mass is 16.6. The number of carbonyl (C=O) groups excluding carboxylic acids is 2. The van der Waals surface area contributed by atoms with Crippen LogP contribution in [0.5, 0.6) is 11.5 Å². The molecular weight excluding hydrogens is 482 g/mol. The van der Waals surface area contributed by atoms with Crippen LogP contribution in [0.3, 0.4) is 0 Å². The predicted molar refractivity (Wildman–Crippen MR) is 150 cm³/mol. The summed E-state index contributed by atoms with van der Waals surface area (Å²) in [6.45, 7) is 16.7. The fourth-order valence-corrected chi connectivity index (χ4v) is 3.95. The highest BCUT2D eigenvalue weighted by molar-refractivity contribution is 5.71. The second-order valence-electron chi connectivity index (χ2n) is 10.9. The molecule has 0 aliphatic rings. The molecule has 7 heteroatoms. The van der Waals surface area contributed by atoms with Crippen molar-refractivity contribution < 1.29 is 28.5 Å². The summed E-state index contributed by atoms with van der Waals surface area (Å²) in [5.74, 6) is 1.47. The van der Waals surface area contributed by atoms with Crippen LogP contribution >= 0.6 is 0 Å². The molecule has 0 aliphatic carbocycles. The van der Waals surface area contributed by atoms with Crippen LogP contribution in [0.25, 0.3) is 0 Å². The SMILES string of the molecule is CCCCOc1ccc(Cc2c(C)cc(OCC(=O)OCCNC(=O)OC(C)(C)C)cc2C)cc1C(C)C. The van der Waals surface area contributed by atoms with Crippen LogP contribution in [-0.2, 0) is 20.7 Å². The van der Waals surface area contributed by atoms with E-state index in [9.17, 15) is 9.59 Å². The molecule has 0 aromatic heterocycles. The van der Waals surface area contributed by atoms with Crippen LogP contribution in [0.1, 0.15) is 88.1 Å². The summed E-state index contributed by atoms with van der Waals surface area (Å²) in [5.41, 5.74) is 5.33. The van der Waals surface area contributed by atoms with Crippen LogP contribution in [0, 0.1) is 13.8 Å². The zero-order valence-corrected chi connectivity index (χ0v) is 24.4. The number of hydrogen-bond donors (Lipinski definition) is 1. The first-order valence-electron chi connectivity index (χ1n) is 13.5. The number of benzene rings is 2. The van der Waals surface area contributed by atoms with Crippen LogP contribution in [0.4, 0.5) is 4.79 Å². The van der Waals surface area contributed by atoms with Crippen molar-refractivity contribution >= 4 is 12.1 Å². The van der Waals surface area contributed by atoms with Gasteiger partial charge in [-0.3, -0.25) is 0 Å². The first-order valence-corrected chi connectivity index (χ1v) is 13.5. The molecule has 38 heavy (non-hydrogen) atoms. The second-order valence-corrected chi connectivity index (χ2v) is 10.9. The average Bonchev–Trinajstić information content (AvgIpc) is 2.82. The molecule has 0 spiro atoms. The van der Waals surface area contributed by atoms with Gasteiger partial charge in [-0.2, -0.15) is 0 Å². The Morgan fingerprint density at radius 1 is 0.974 bits per heavy atom. The van der Waals surface area contributed by atoms with Crippen LogP contribution in [0.2, 0.25) is 0 Å². The molecule has 0 atom stereocenters. The van der Waals surface area contributed by atoms with Gasteiger partial charge in [-0.15, -0.1) is 0 Å². The Bertz CT molecular complexity index is 1050. The van der Waals surface area contributed by atoms with Gasteiger partial charge >= 0.3 is 12.1 Å². The quantitative estimate of drug-likeness (QED) is 0.232. The lowest BCUT2D eigenvalue weighted by molar-refractivity contribution is -0.145. The molecule has 0 bridgehead atoms. The number of alkyl carbamates (subject to hydrolysis) is 1. The van der Waals surface area contributed by atoms with Crippen molar-refractivity contribution in [2.24, 2.45) is 0 Å². The van der Waals surface area contributed by atoms with Gasteiger partial charge in [0.2, 0.25) is 0 Å². The summed E-state index contributed by atoms with van der Waals surface area (Å²) in [5, 5.41) is 2.55. The van der Waals surface area contributed by atoms with E-state index in [-0.39, 0.29) is 19.8 Å². The lowest BCUT2D eigenvalue weighted by atomic mass is 9.93. The standard InChI is InChI=1S/C31H45NO6/c1-9-10-14-35-28-12-11-24(18-26(28)21(2)3)19-27-22(4)16-25(17-23(27)5)37-20-29(33)36-15-13-32-30(34)38-31(6,7)8/h11-12,16-18,21H,9-10,13-15,19-20H2,1-8H3,(H,32,34). The first-order chi connectivity index (χ1) is 17.9. The maximum absolute atomic E-state index is 12.1. The van der Waals surface area contributed by atoms with E-state index in [1.807, 2.05) is 12.1 Å². The molecule has 210 valence electrons. The lowest BCUT2D eigenvalue weighted by Gasteiger charge is -2.19. The van der Waals surface area contributed by atoms with E-state index in [0.29, 0.717) is 11.7 Å². The summed E-state index contributed by atoms with van der Waals surface area (Å²) < 4.78 is 22.0. The number of amides is 1. The Labute approximate surface area is 228 Å². The van der Waals surface area contributed by atoms with Crippen LogP contribution in [-0.4, -0.2) is 44.0 Å². The fraction of sp³-hybridized carbons (Fsp3) is 0.548. The summed E-state index contributed by atoms with van der Waals surface area (Å²) >= 11 is 0. The molecule has 0 heterocycles. The zero-order valence-electron chi connectivity index (χ0n) is 24.4. The molecule has 0 radical (unpaired) electrons. The molecule has 2 aromatic rings. The molecule has 2 rings (SSSR count). The van der Waals surface area contributed by atoms with Crippen molar-refractivity contribution in [2.75, 3.05) is 26.4 Å². The van der Waals surface area contributed by atoms with E-state index >= 15 is 0 Å². The Morgan fingerprint density at radius 2 is 1.66 bits per heavy atom. The van der Waals surface area contributed by atoms with Crippen molar-refractivity contribution in [3.05, 3.63) is 58.1 Å². The van der Waals surface area contributed by atoms with Crippen molar-refractivity contribution in [3.63, 3.8) is 0 Å². The van der Waals surface area contributed by atoms with Gasteiger partial charge in [-0.05, 0) is 99.4 Å². The van der Waals surface area contributed by atoms with Gasteiger partial charge in [0.25, 0.3) is 0 Å². The molecule has 1 amide bonds. The second kappa shape index (κ2) is 14.6. The topological polar surface area (TPSA) is 83.1 Å². The molecular formula is C31H45NO6. The van der Waals surface area contributed by atoms with Crippen molar-refractivity contribution in [3.8, 4) is 11.5 Å². The predicted octanol–water partition coefficient (Wildman–Crippen LogP) is 6.64. The highest BCUT2D eigenvalue weighted by Crippen LogP contribution is 2.30. The minimum Gasteiger partial charge on any atom is -0.493 e. The van der Waals surface area contributed by atoms with Gasteiger partial charge in [0.1, 0.15) is 23.7 Å². The number of aryl methyl sites for hydroxylation is 2. The Kier molecular flexibility index (Phi) is 11.9. The largest absolute Gasteiger partial charge is 0.493 e. The zero-order chi connectivity index (χ0) is 28.3. The Balaban J connectivity index is 1.92. The highest BCUT2D eigenvalue weighted by Gasteiger charge is 2.16. The van der Waals surface area contributed by atoms with E-state index in [4.69, 9.17) is 18.9 Å². The number of hydrogen-bond acceptors (Lipinski definition) is 6. The number of unbranched alkanes of at least 4 members (excludes halogenated alkanes) is 1. The monoisotopic (exact) mass is 527 g/mol. The van der Waals surface area contributed by atoms with E-state index in [2.05, 4.69) is 58.1 Å². The Morgan fingerprint density at radius 3 is 2.26 bits per heavy atom. The molecule has 0 saturated heterocycles. The molecule has 0 fully saturated rings. The number of carbonyl (C=O) groups is 2. The number of nitrogens with one attached hydrogen (secondary N) is 1. The molecule has 1 N–H and O–H groups in total. The third-order valence-corrected chi connectivity index (χ3v) is 5.89. The number of ether oxygens (including phenoxy) is 4. The van der Waals surface area contributed by atoms with Crippen LogP contribution in [0.15, 0.2) is 30.3 Å². The summed E-state index contributed by atoms with van der Waals surface area (Å²) in [6.07, 6.45) is 2.42. The van der Waals surface area contributed by atoms with Crippen molar-refractivity contribution in [1.82, 2.24) is 5.32 Å². The van der Waals surface area contributed by atoms with Gasteiger partial charge in [-0.1, -0.05) is 39.3 Å². The van der Waals surface area contributed by atoms with Crippen molar-refractivity contribution in [1.29, 1.82) is 0 Å². The van der Waals surface area contributed by atoms with E-state index in [1.165, 1.54) is 16.7 Å². The Hall–Kier alpha value is -3.22.